The number of thiazole rings is 1. The lowest BCUT2D eigenvalue weighted by molar-refractivity contribution is -0.123. The van der Waals surface area contributed by atoms with E-state index in [-0.39, 0.29) is 11.8 Å². The molecule has 1 aromatic heterocycles. The number of nitrogens with two attached hydrogens (primary N) is 1. The lowest BCUT2D eigenvalue weighted by atomic mass is 10.1. The van der Waals surface area contributed by atoms with Gasteiger partial charge in [0.1, 0.15) is 0 Å². The minimum atomic E-state index is -0.436. The number of rotatable bonds is 4. The first-order chi connectivity index (χ1) is 6.61. The van der Waals surface area contributed by atoms with E-state index >= 15 is 0 Å². The largest absolute Gasteiger partial charge is 0.349 e. The number of amides is 1. The highest BCUT2D eigenvalue weighted by atomic mass is 32.1. The Hall–Kier alpha value is -0.940. The van der Waals surface area contributed by atoms with Crippen molar-refractivity contribution < 1.29 is 4.79 Å². The van der Waals surface area contributed by atoms with Gasteiger partial charge < -0.3 is 11.1 Å². The first-order valence-corrected chi connectivity index (χ1v) is 5.46. The van der Waals surface area contributed by atoms with E-state index in [1.807, 2.05) is 19.2 Å². The van der Waals surface area contributed by atoms with Gasteiger partial charge in [0.2, 0.25) is 5.91 Å². The summed E-state index contributed by atoms with van der Waals surface area (Å²) in [4.78, 5) is 15.5. The minimum Gasteiger partial charge on any atom is -0.349 e. The number of aromatic nitrogens is 1. The smallest absolute Gasteiger partial charge is 0.237 e. The van der Waals surface area contributed by atoms with Crippen LogP contribution in [0.4, 0.5) is 0 Å². The van der Waals surface area contributed by atoms with Crippen LogP contribution in [0.25, 0.3) is 0 Å². The molecule has 0 unspecified atom stereocenters. The molecular weight excluding hydrogens is 198 g/mol. The molecule has 1 heterocycles. The molecule has 0 radical (unpaired) electrons. The molecule has 0 aliphatic carbocycles. The van der Waals surface area contributed by atoms with Crippen LogP contribution in [0.3, 0.4) is 0 Å². The Labute approximate surface area is 87.5 Å². The summed E-state index contributed by atoms with van der Waals surface area (Å²) in [6.07, 6.45) is 0. The maximum absolute atomic E-state index is 11.4. The maximum atomic E-state index is 11.4. The zero-order valence-electron chi connectivity index (χ0n) is 8.36. The Morgan fingerprint density at radius 2 is 2.43 bits per heavy atom. The average Bonchev–Trinajstić information content (AvgIpc) is 2.65. The molecule has 5 heteroatoms. The van der Waals surface area contributed by atoms with Crippen LogP contribution in [-0.2, 0) is 11.3 Å². The molecule has 78 valence electrons. The highest BCUT2D eigenvalue weighted by Gasteiger charge is 2.16. The van der Waals surface area contributed by atoms with E-state index < -0.39 is 6.04 Å². The highest BCUT2D eigenvalue weighted by molar-refractivity contribution is 7.07. The van der Waals surface area contributed by atoms with Gasteiger partial charge in [-0.15, -0.1) is 11.3 Å². The second-order valence-corrected chi connectivity index (χ2v) is 4.19. The molecule has 0 bridgehead atoms. The van der Waals surface area contributed by atoms with Crippen LogP contribution >= 0.6 is 11.3 Å². The number of nitrogens with zero attached hydrogens (tertiary/aromatic N) is 1. The summed E-state index contributed by atoms with van der Waals surface area (Å²) in [5.41, 5.74) is 8.28. The SMILES string of the molecule is CC(C)[C@H](N)C(=O)NCc1cscn1. The molecule has 0 aliphatic heterocycles. The molecule has 0 saturated heterocycles. The van der Waals surface area contributed by atoms with Gasteiger partial charge in [0.05, 0.1) is 23.8 Å². The number of hydrogen-bond donors (Lipinski definition) is 2. The van der Waals surface area contributed by atoms with Gasteiger partial charge in [-0.2, -0.15) is 0 Å². The zero-order valence-corrected chi connectivity index (χ0v) is 9.17. The molecule has 0 aromatic carbocycles. The summed E-state index contributed by atoms with van der Waals surface area (Å²) >= 11 is 1.51. The topological polar surface area (TPSA) is 68.0 Å². The third-order valence-corrected chi connectivity index (χ3v) is 2.58. The minimum absolute atomic E-state index is 0.118. The molecule has 0 spiro atoms. The van der Waals surface area contributed by atoms with Gasteiger partial charge in [0, 0.05) is 5.38 Å². The van der Waals surface area contributed by atoms with Crippen molar-refractivity contribution in [1.29, 1.82) is 0 Å². The number of carbonyl (C=O) groups is 1. The van der Waals surface area contributed by atoms with E-state index in [1.54, 1.807) is 5.51 Å². The fourth-order valence-electron chi connectivity index (χ4n) is 0.923. The standard InChI is InChI=1S/C9H15N3OS/c1-6(2)8(10)9(13)11-3-7-4-14-5-12-7/h4-6,8H,3,10H2,1-2H3,(H,11,13)/t8-/m0/s1. The van der Waals surface area contributed by atoms with Crippen LogP contribution in [0.5, 0.6) is 0 Å². The van der Waals surface area contributed by atoms with Crippen LogP contribution in [0.15, 0.2) is 10.9 Å². The third-order valence-electron chi connectivity index (χ3n) is 1.95. The van der Waals surface area contributed by atoms with Gasteiger partial charge in [-0.05, 0) is 5.92 Å². The van der Waals surface area contributed by atoms with Crippen molar-refractivity contribution in [2.75, 3.05) is 0 Å². The van der Waals surface area contributed by atoms with E-state index in [0.29, 0.717) is 6.54 Å². The number of hydrogen-bond acceptors (Lipinski definition) is 4. The Morgan fingerprint density at radius 3 is 2.93 bits per heavy atom. The molecular formula is C9H15N3OS. The van der Waals surface area contributed by atoms with Gasteiger partial charge in [-0.1, -0.05) is 13.8 Å². The second-order valence-electron chi connectivity index (χ2n) is 3.47. The highest BCUT2D eigenvalue weighted by Crippen LogP contribution is 2.01. The Bertz CT molecular complexity index is 284. The summed E-state index contributed by atoms with van der Waals surface area (Å²) in [7, 11) is 0. The predicted octanol–water partition coefficient (Wildman–Crippen LogP) is 0.743. The molecule has 3 N–H and O–H groups in total. The monoisotopic (exact) mass is 213 g/mol. The fourth-order valence-corrected chi connectivity index (χ4v) is 1.48. The van der Waals surface area contributed by atoms with Gasteiger partial charge >= 0.3 is 0 Å². The molecule has 0 saturated carbocycles. The van der Waals surface area contributed by atoms with Gasteiger partial charge in [0.25, 0.3) is 0 Å². The molecule has 1 atom stereocenters. The van der Waals surface area contributed by atoms with Crippen LogP contribution in [-0.4, -0.2) is 16.9 Å². The lowest BCUT2D eigenvalue weighted by Crippen LogP contribution is -2.43. The van der Waals surface area contributed by atoms with E-state index in [2.05, 4.69) is 10.3 Å². The summed E-state index contributed by atoms with van der Waals surface area (Å²) in [5, 5.41) is 4.65. The van der Waals surface area contributed by atoms with Crippen molar-refractivity contribution in [2.45, 2.75) is 26.4 Å². The molecule has 14 heavy (non-hydrogen) atoms. The lowest BCUT2D eigenvalue weighted by Gasteiger charge is -2.14. The molecule has 1 rings (SSSR count). The van der Waals surface area contributed by atoms with Gasteiger partial charge in [-0.25, -0.2) is 4.98 Å². The van der Waals surface area contributed by atoms with Crippen LogP contribution < -0.4 is 11.1 Å². The van der Waals surface area contributed by atoms with Crippen molar-refractivity contribution in [3.8, 4) is 0 Å². The first-order valence-electron chi connectivity index (χ1n) is 4.51. The van der Waals surface area contributed by atoms with Crippen molar-refractivity contribution in [3.05, 3.63) is 16.6 Å². The predicted molar refractivity (Wildman–Crippen MR) is 56.8 cm³/mol. The van der Waals surface area contributed by atoms with Crippen molar-refractivity contribution in [2.24, 2.45) is 11.7 Å². The van der Waals surface area contributed by atoms with Gasteiger partial charge in [-0.3, -0.25) is 4.79 Å². The Balaban J connectivity index is 2.35. The van der Waals surface area contributed by atoms with E-state index in [0.717, 1.165) is 5.69 Å². The van der Waals surface area contributed by atoms with E-state index in [1.165, 1.54) is 11.3 Å². The van der Waals surface area contributed by atoms with Gasteiger partial charge in [0.15, 0.2) is 0 Å². The van der Waals surface area contributed by atoms with E-state index in [4.69, 9.17) is 5.73 Å². The molecule has 4 nitrogen and oxygen atoms in total. The molecule has 0 fully saturated rings. The van der Waals surface area contributed by atoms with Crippen molar-refractivity contribution in [3.63, 3.8) is 0 Å². The average molecular weight is 213 g/mol. The number of nitrogens with one attached hydrogen (secondary N) is 1. The summed E-state index contributed by atoms with van der Waals surface area (Å²) < 4.78 is 0. The summed E-state index contributed by atoms with van der Waals surface area (Å²) in [6.45, 7) is 4.31. The summed E-state index contributed by atoms with van der Waals surface area (Å²) in [6, 6.07) is -0.436. The molecule has 0 aliphatic rings. The maximum Gasteiger partial charge on any atom is 0.237 e. The second kappa shape index (κ2) is 5.07. The first kappa shape index (κ1) is 11.1. The Morgan fingerprint density at radius 1 is 1.71 bits per heavy atom. The van der Waals surface area contributed by atoms with Crippen molar-refractivity contribution >= 4 is 17.2 Å². The fraction of sp³-hybridized carbons (Fsp3) is 0.556. The van der Waals surface area contributed by atoms with Crippen LogP contribution in [0.1, 0.15) is 19.5 Å². The number of carbonyl (C=O) groups excluding carboxylic acids is 1. The van der Waals surface area contributed by atoms with E-state index in [9.17, 15) is 4.79 Å². The normalized spacial score (nSPS) is 12.9. The molecule has 1 aromatic rings. The quantitative estimate of drug-likeness (QED) is 0.775. The van der Waals surface area contributed by atoms with Crippen LogP contribution in [0.2, 0.25) is 0 Å². The third kappa shape index (κ3) is 3.08. The Kier molecular flexibility index (Phi) is 4.03. The molecule has 1 amide bonds. The van der Waals surface area contributed by atoms with Crippen molar-refractivity contribution in [1.82, 2.24) is 10.3 Å². The zero-order chi connectivity index (χ0) is 10.6. The summed E-state index contributed by atoms with van der Waals surface area (Å²) in [5.74, 6) is 0.0402. The van der Waals surface area contributed by atoms with Crippen LogP contribution in [0, 0.1) is 5.92 Å².